The van der Waals surface area contributed by atoms with Crippen LogP contribution in [0.3, 0.4) is 0 Å². The van der Waals surface area contributed by atoms with E-state index in [1.54, 1.807) is 16.8 Å². The highest BCUT2D eigenvalue weighted by Gasteiger charge is 2.29. The standard InChI is InChI=1S/C21H20FN3O2S/c1-2-17(14-6-4-3-5-7-14)21(26)23-20-18-12-28(27)13-19(18)24-25(20)16-10-8-15(22)9-11-16/h3-11,17H,2,12-13H2,1H3,(H,23,26)/t17-,28+/m1/s1. The van der Waals surface area contributed by atoms with Gasteiger partial charge in [-0.25, -0.2) is 9.07 Å². The summed E-state index contributed by atoms with van der Waals surface area (Å²) in [5.41, 5.74) is 3.09. The third kappa shape index (κ3) is 3.49. The summed E-state index contributed by atoms with van der Waals surface area (Å²) >= 11 is 0. The Morgan fingerprint density at radius 2 is 1.89 bits per heavy atom. The minimum atomic E-state index is -1.02. The van der Waals surface area contributed by atoms with E-state index in [1.807, 2.05) is 37.3 Å². The van der Waals surface area contributed by atoms with Crippen molar-refractivity contribution in [2.75, 3.05) is 5.32 Å². The smallest absolute Gasteiger partial charge is 0.233 e. The van der Waals surface area contributed by atoms with Crippen molar-refractivity contribution in [1.29, 1.82) is 0 Å². The Hall–Kier alpha value is -2.80. The van der Waals surface area contributed by atoms with Gasteiger partial charge in [0.05, 0.1) is 28.8 Å². The number of benzene rings is 2. The SMILES string of the molecule is CC[C@@H](C(=O)Nc1c2c(nn1-c1ccc(F)cc1)C[S@@](=O)C2)c1ccccc1. The molecule has 0 saturated heterocycles. The van der Waals surface area contributed by atoms with Crippen LogP contribution >= 0.6 is 0 Å². The van der Waals surface area contributed by atoms with E-state index in [1.165, 1.54) is 12.1 Å². The van der Waals surface area contributed by atoms with E-state index in [0.717, 1.165) is 11.1 Å². The zero-order valence-corrected chi connectivity index (χ0v) is 16.2. The molecule has 2 aromatic carbocycles. The Morgan fingerprint density at radius 3 is 2.57 bits per heavy atom. The van der Waals surface area contributed by atoms with E-state index >= 15 is 0 Å². The predicted molar refractivity (Wildman–Crippen MR) is 107 cm³/mol. The van der Waals surface area contributed by atoms with E-state index in [0.29, 0.717) is 35.1 Å². The molecule has 1 aromatic heterocycles. The minimum absolute atomic E-state index is 0.141. The molecule has 1 amide bonds. The second-order valence-electron chi connectivity index (χ2n) is 6.75. The molecule has 2 atom stereocenters. The maximum Gasteiger partial charge on any atom is 0.233 e. The molecule has 1 N–H and O–H groups in total. The summed E-state index contributed by atoms with van der Waals surface area (Å²) in [5, 5.41) is 7.55. The molecule has 0 unspecified atom stereocenters. The van der Waals surface area contributed by atoms with Gasteiger partial charge in [-0.3, -0.25) is 9.00 Å². The average molecular weight is 397 g/mol. The van der Waals surface area contributed by atoms with Gasteiger partial charge in [-0.1, -0.05) is 37.3 Å². The number of nitrogens with zero attached hydrogens (tertiary/aromatic N) is 2. The lowest BCUT2D eigenvalue weighted by atomic mass is 9.95. The van der Waals surface area contributed by atoms with Crippen LogP contribution in [0.4, 0.5) is 10.2 Å². The molecular formula is C21H20FN3O2S. The predicted octanol–water partition coefficient (Wildman–Crippen LogP) is 3.91. The number of fused-ring (bicyclic) bond motifs is 1. The number of hydrogen-bond acceptors (Lipinski definition) is 3. The lowest BCUT2D eigenvalue weighted by Gasteiger charge is -2.17. The molecule has 144 valence electrons. The van der Waals surface area contributed by atoms with Crippen LogP contribution in [0, 0.1) is 5.82 Å². The fraction of sp³-hybridized carbons (Fsp3) is 0.238. The van der Waals surface area contributed by atoms with Crippen molar-refractivity contribution < 1.29 is 13.4 Å². The number of aromatic nitrogens is 2. The molecule has 2 heterocycles. The van der Waals surface area contributed by atoms with Crippen molar-refractivity contribution in [1.82, 2.24) is 9.78 Å². The number of hydrogen-bond donors (Lipinski definition) is 1. The van der Waals surface area contributed by atoms with Crippen molar-refractivity contribution in [3.8, 4) is 5.69 Å². The summed E-state index contributed by atoms with van der Waals surface area (Å²) in [6.45, 7) is 1.97. The lowest BCUT2D eigenvalue weighted by molar-refractivity contribution is -0.117. The molecule has 28 heavy (non-hydrogen) atoms. The zero-order chi connectivity index (χ0) is 19.7. The quantitative estimate of drug-likeness (QED) is 0.710. The van der Waals surface area contributed by atoms with Gasteiger partial charge in [-0.2, -0.15) is 5.10 Å². The third-order valence-corrected chi connectivity index (χ3v) is 6.12. The van der Waals surface area contributed by atoms with Crippen LogP contribution in [-0.4, -0.2) is 19.9 Å². The van der Waals surface area contributed by atoms with Crippen LogP contribution in [0.1, 0.15) is 36.1 Å². The molecule has 0 fully saturated rings. The normalized spacial score (nSPS) is 16.6. The molecular weight excluding hydrogens is 377 g/mol. The highest BCUT2D eigenvalue weighted by Crippen LogP contribution is 2.32. The van der Waals surface area contributed by atoms with Gasteiger partial charge >= 0.3 is 0 Å². The first-order valence-electron chi connectivity index (χ1n) is 9.14. The second kappa shape index (κ2) is 7.67. The van der Waals surface area contributed by atoms with Gasteiger partial charge in [0.2, 0.25) is 5.91 Å². The number of nitrogens with one attached hydrogen (secondary N) is 1. The highest BCUT2D eigenvalue weighted by atomic mass is 32.2. The molecule has 1 aliphatic heterocycles. The molecule has 0 bridgehead atoms. The second-order valence-corrected chi connectivity index (χ2v) is 8.21. The largest absolute Gasteiger partial charge is 0.310 e. The van der Waals surface area contributed by atoms with Crippen LogP contribution in [0.15, 0.2) is 54.6 Å². The number of carbonyl (C=O) groups is 1. The van der Waals surface area contributed by atoms with Crippen LogP contribution < -0.4 is 5.32 Å². The fourth-order valence-corrected chi connectivity index (χ4v) is 4.75. The molecule has 0 saturated carbocycles. The van der Waals surface area contributed by atoms with Crippen molar-refractivity contribution in [2.45, 2.75) is 30.8 Å². The summed E-state index contributed by atoms with van der Waals surface area (Å²) < 4.78 is 26.9. The first kappa shape index (κ1) is 18.6. The van der Waals surface area contributed by atoms with E-state index in [-0.39, 0.29) is 17.6 Å². The summed E-state index contributed by atoms with van der Waals surface area (Å²) in [6.07, 6.45) is 0.647. The Bertz CT molecular complexity index is 1030. The molecule has 0 radical (unpaired) electrons. The van der Waals surface area contributed by atoms with Crippen molar-refractivity contribution in [3.05, 3.63) is 77.2 Å². The van der Waals surface area contributed by atoms with Gasteiger partial charge in [0.25, 0.3) is 0 Å². The highest BCUT2D eigenvalue weighted by molar-refractivity contribution is 7.83. The number of amides is 1. The number of halogens is 1. The number of rotatable bonds is 5. The number of anilines is 1. The van der Waals surface area contributed by atoms with Gasteiger partial charge in [0, 0.05) is 16.4 Å². The summed E-state index contributed by atoms with van der Waals surface area (Å²) in [5.74, 6) is 0.450. The van der Waals surface area contributed by atoms with Gasteiger partial charge in [-0.15, -0.1) is 0 Å². The maximum absolute atomic E-state index is 13.3. The van der Waals surface area contributed by atoms with E-state index in [9.17, 15) is 13.4 Å². The molecule has 1 aliphatic rings. The Morgan fingerprint density at radius 1 is 1.18 bits per heavy atom. The van der Waals surface area contributed by atoms with Crippen molar-refractivity contribution >= 4 is 22.5 Å². The van der Waals surface area contributed by atoms with Crippen LogP contribution in [0.25, 0.3) is 5.69 Å². The molecule has 7 heteroatoms. The third-order valence-electron chi connectivity index (χ3n) is 4.91. The summed E-state index contributed by atoms with van der Waals surface area (Å²) in [7, 11) is -1.02. The first-order valence-corrected chi connectivity index (χ1v) is 10.6. The van der Waals surface area contributed by atoms with E-state index < -0.39 is 10.8 Å². The van der Waals surface area contributed by atoms with Gasteiger partial charge in [0.1, 0.15) is 11.6 Å². The monoisotopic (exact) mass is 397 g/mol. The zero-order valence-electron chi connectivity index (χ0n) is 15.4. The molecule has 4 rings (SSSR count). The molecule has 3 aromatic rings. The Labute approximate surface area is 165 Å². The lowest BCUT2D eigenvalue weighted by Crippen LogP contribution is -2.23. The minimum Gasteiger partial charge on any atom is -0.310 e. The Balaban J connectivity index is 1.71. The van der Waals surface area contributed by atoms with E-state index in [2.05, 4.69) is 10.4 Å². The molecule has 5 nitrogen and oxygen atoms in total. The van der Waals surface area contributed by atoms with Crippen molar-refractivity contribution in [2.24, 2.45) is 0 Å². The van der Waals surface area contributed by atoms with Gasteiger partial charge in [-0.05, 0) is 36.2 Å². The van der Waals surface area contributed by atoms with Crippen molar-refractivity contribution in [3.63, 3.8) is 0 Å². The van der Waals surface area contributed by atoms with Crippen LogP contribution in [-0.2, 0) is 27.1 Å². The fourth-order valence-electron chi connectivity index (χ4n) is 3.49. The summed E-state index contributed by atoms with van der Waals surface area (Å²) in [4.78, 5) is 13.1. The molecule has 0 aliphatic carbocycles. The molecule has 0 spiro atoms. The van der Waals surface area contributed by atoms with Gasteiger partial charge in [0.15, 0.2) is 0 Å². The van der Waals surface area contributed by atoms with Gasteiger partial charge < -0.3 is 5.32 Å². The van der Waals surface area contributed by atoms with Crippen LogP contribution in [0.2, 0.25) is 0 Å². The summed E-state index contributed by atoms with van der Waals surface area (Å²) in [6, 6.07) is 15.5. The maximum atomic E-state index is 13.3. The first-order chi connectivity index (χ1) is 13.6. The average Bonchev–Trinajstić information content (AvgIpc) is 3.21. The van der Waals surface area contributed by atoms with Crippen LogP contribution in [0.5, 0.6) is 0 Å². The topological polar surface area (TPSA) is 64.0 Å². The van der Waals surface area contributed by atoms with E-state index in [4.69, 9.17) is 0 Å². The Kier molecular flexibility index (Phi) is 5.09. The number of carbonyl (C=O) groups excluding carboxylic acids is 1.